The largest absolute Gasteiger partial charge is 0.477 e. The third-order valence-electron chi connectivity index (χ3n) is 3.06. The van der Waals surface area contributed by atoms with Crippen molar-refractivity contribution in [3.05, 3.63) is 0 Å². The number of carbonyl (C=O) groups is 2. The Balaban J connectivity index is 1.89. The van der Waals surface area contributed by atoms with Crippen LogP contribution in [0.15, 0.2) is 5.16 Å². The number of oxime groups is 1. The third-order valence-corrected chi connectivity index (χ3v) is 3.06. The molecule has 6 nitrogen and oxygen atoms in total. The van der Waals surface area contributed by atoms with Crippen LogP contribution in [0.2, 0.25) is 0 Å². The minimum absolute atomic E-state index is 0.0648. The van der Waals surface area contributed by atoms with Crippen LogP contribution in [0.1, 0.15) is 26.2 Å². The number of carbonyl (C=O) groups excluding carboxylic acids is 1. The van der Waals surface area contributed by atoms with E-state index in [9.17, 15) is 9.59 Å². The summed E-state index contributed by atoms with van der Waals surface area (Å²) in [5, 5.41) is 12.1. The zero-order valence-corrected chi connectivity index (χ0v) is 9.76. The molecule has 17 heavy (non-hydrogen) atoms. The van der Waals surface area contributed by atoms with Gasteiger partial charge in [-0.2, -0.15) is 0 Å². The monoisotopic (exact) mass is 240 g/mol. The molecule has 1 atom stereocenters. The molecule has 0 saturated heterocycles. The van der Waals surface area contributed by atoms with Crippen molar-refractivity contribution in [2.75, 3.05) is 13.1 Å². The molecular weight excluding hydrogens is 224 g/mol. The molecular formula is C11H16N2O4. The Morgan fingerprint density at radius 2 is 2.24 bits per heavy atom. The molecule has 2 rings (SSSR count). The van der Waals surface area contributed by atoms with Crippen LogP contribution in [0.4, 0.5) is 0 Å². The highest BCUT2D eigenvalue weighted by Crippen LogP contribution is 2.30. The molecule has 0 aromatic carbocycles. The molecule has 1 unspecified atom stereocenters. The summed E-state index contributed by atoms with van der Waals surface area (Å²) in [5.74, 6) is -0.662. The van der Waals surface area contributed by atoms with E-state index in [1.54, 1.807) is 4.90 Å². The predicted octanol–water partition coefficient (Wildman–Crippen LogP) is 0.474. The van der Waals surface area contributed by atoms with Crippen molar-refractivity contribution < 1.29 is 19.5 Å². The highest BCUT2D eigenvalue weighted by Gasteiger charge is 2.35. The maximum absolute atomic E-state index is 12.0. The van der Waals surface area contributed by atoms with E-state index in [0.717, 1.165) is 6.54 Å². The molecule has 1 amide bonds. The van der Waals surface area contributed by atoms with Gasteiger partial charge < -0.3 is 14.8 Å². The van der Waals surface area contributed by atoms with Gasteiger partial charge in [-0.25, -0.2) is 4.79 Å². The van der Waals surface area contributed by atoms with Crippen molar-refractivity contribution in [1.82, 2.24) is 4.90 Å². The second-order valence-corrected chi connectivity index (χ2v) is 4.46. The third kappa shape index (κ3) is 2.75. The minimum Gasteiger partial charge on any atom is -0.477 e. The molecule has 0 aromatic heterocycles. The summed E-state index contributed by atoms with van der Waals surface area (Å²) in [5.41, 5.74) is -0.0779. The molecule has 1 heterocycles. The zero-order chi connectivity index (χ0) is 12.4. The molecule has 0 bridgehead atoms. The second-order valence-electron chi connectivity index (χ2n) is 4.46. The first-order valence-electron chi connectivity index (χ1n) is 5.86. The fourth-order valence-electron chi connectivity index (χ4n) is 1.83. The number of likely N-dealkylation sites (N-methyl/N-ethyl adjacent to an activating group) is 1. The second kappa shape index (κ2) is 4.73. The van der Waals surface area contributed by atoms with Crippen LogP contribution in [0.5, 0.6) is 0 Å². The van der Waals surface area contributed by atoms with E-state index in [1.165, 1.54) is 12.8 Å². The van der Waals surface area contributed by atoms with Gasteiger partial charge >= 0.3 is 5.97 Å². The first-order chi connectivity index (χ1) is 8.11. The predicted molar refractivity (Wildman–Crippen MR) is 59.5 cm³/mol. The summed E-state index contributed by atoms with van der Waals surface area (Å²) < 4.78 is 0. The molecule has 1 fully saturated rings. The Hall–Kier alpha value is -1.59. The van der Waals surface area contributed by atoms with Crippen molar-refractivity contribution in [3.8, 4) is 0 Å². The number of hydrogen-bond donors (Lipinski definition) is 1. The standard InChI is InChI=1S/C11H16N2O4/c1-2-13(6-7-3-4-7)10(14)9-5-8(11(15)16)12-17-9/h7,9H,2-6H2,1H3,(H,15,16). The Morgan fingerprint density at radius 1 is 1.53 bits per heavy atom. The number of carboxylic acid groups (broad SMARTS) is 1. The van der Waals surface area contributed by atoms with Gasteiger partial charge in [-0.15, -0.1) is 0 Å². The summed E-state index contributed by atoms with van der Waals surface area (Å²) in [6.07, 6.45) is 1.66. The van der Waals surface area contributed by atoms with Gasteiger partial charge in [0, 0.05) is 19.5 Å². The lowest BCUT2D eigenvalue weighted by molar-refractivity contribution is -0.142. The van der Waals surface area contributed by atoms with E-state index >= 15 is 0 Å². The number of amides is 1. The quantitative estimate of drug-likeness (QED) is 0.757. The van der Waals surface area contributed by atoms with Gasteiger partial charge in [-0.05, 0) is 25.7 Å². The Kier molecular flexibility index (Phi) is 3.31. The van der Waals surface area contributed by atoms with Crippen LogP contribution >= 0.6 is 0 Å². The lowest BCUT2D eigenvalue weighted by atomic mass is 10.1. The summed E-state index contributed by atoms with van der Waals surface area (Å²) in [4.78, 5) is 29.3. The van der Waals surface area contributed by atoms with Gasteiger partial charge in [0.1, 0.15) is 0 Å². The zero-order valence-electron chi connectivity index (χ0n) is 9.76. The summed E-state index contributed by atoms with van der Waals surface area (Å²) in [7, 11) is 0. The molecule has 2 aliphatic rings. The molecule has 1 aliphatic heterocycles. The Labute approximate surface area is 99.2 Å². The highest BCUT2D eigenvalue weighted by atomic mass is 16.6. The van der Waals surface area contributed by atoms with Crippen LogP contribution in [-0.4, -0.2) is 46.8 Å². The van der Waals surface area contributed by atoms with Crippen molar-refractivity contribution in [2.24, 2.45) is 11.1 Å². The maximum Gasteiger partial charge on any atom is 0.353 e. The van der Waals surface area contributed by atoms with E-state index in [2.05, 4.69) is 5.16 Å². The van der Waals surface area contributed by atoms with Gasteiger partial charge in [0.05, 0.1) is 0 Å². The summed E-state index contributed by atoms with van der Waals surface area (Å²) in [6.45, 7) is 3.28. The first kappa shape index (κ1) is 11.9. The van der Waals surface area contributed by atoms with Crippen LogP contribution < -0.4 is 0 Å². The van der Waals surface area contributed by atoms with Gasteiger partial charge in [0.15, 0.2) is 5.71 Å². The molecule has 1 N–H and O–H groups in total. The fraction of sp³-hybridized carbons (Fsp3) is 0.727. The Bertz CT molecular complexity index is 362. The van der Waals surface area contributed by atoms with Gasteiger partial charge in [-0.1, -0.05) is 5.16 Å². The first-order valence-corrected chi connectivity index (χ1v) is 5.86. The summed E-state index contributed by atoms with van der Waals surface area (Å²) in [6, 6.07) is 0. The average Bonchev–Trinajstić information content (AvgIpc) is 2.97. The van der Waals surface area contributed by atoms with E-state index in [4.69, 9.17) is 9.94 Å². The number of rotatable bonds is 5. The van der Waals surface area contributed by atoms with Crippen molar-refractivity contribution >= 4 is 17.6 Å². The van der Waals surface area contributed by atoms with Crippen LogP contribution in [-0.2, 0) is 14.4 Å². The SMILES string of the molecule is CCN(CC1CC1)C(=O)C1CC(C(=O)O)=NO1. The minimum atomic E-state index is -1.12. The number of carboxylic acids is 1. The molecule has 0 spiro atoms. The van der Waals surface area contributed by atoms with E-state index in [-0.39, 0.29) is 18.0 Å². The van der Waals surface area contributed by atoms with E-state index in [1.807, 2.05) is 6.92 Å². The van der Waals surface area contributed by atoms with Gasteiger partial charge in [0.25, 0.3) is 5.91 Å². The number of aliphatic carboxylic acids is 1. The summed E-state index contributed by atoms with van der Waals surface area (Å²) >= 11 is 0. The Morgan fingerprint density at radius 3 is 2.71 bits per heavy atom. The molecule has 1 saturated carbocycles. The smallest absolute Gasteiger partial charge is 0.353 e. The number of hydrogen-bond acceptors (Lipinski definition) is 4. The van der Waals surface area contributed by atoms with Crippen molar-refractivity contribution in [3.63, 3.8) is 0 Å². The molecule has 6 heteroatoms. The van der Waals surface area contributed by atoms with Crippen molar-refractivity contribution in [1.29, 1.82) is 0 Å². The molecule has 94 valence electrons. The lowest BCUT2D eigenvalue weighted by Crippen LogP contribution is -2.40. The van der Waals surface area contributed by atoms with Crippen LogP contribution in [0.25, 0.3) is 0 Å². The number of nitrogens with zero attached hydrogens (tertiary/aromatic N) is 2. The highest BCUT2D eigenvalue weighted by molar-refractivity contribution is 6.36. The maximum atomic E-state index is 12.0. The normalized spacial score (nSPS) is 22.9. The molecule has 1 aliphatic carbocycles. The van der Waals surface area contributed by atoms with Crippen LogP contribution in [0, 0.1) is 5.92 Å². The molecule has 0 radical (unpaired) electrons. The van der Waals surface area contributed by atoms with Crippen LogP contribution in [0.3, 0.4) is 0 Å². The van der Waals surface area contributed by atoms with E-state index in [0.29, 0.717) is 12.5 Å². The topological polar surface area (TPSA) is 79.2 Å². The average molecular weight is 240 g/mol. The van der Waals surface area contributed by atoms with Gasteiger partial charge in [-0.3, -0.25) is 4.79 Å². The van der Waals surface area contributed by atoms with Gasteiger partial charge in [0.2, 0.25) is 6.10 Å². The lowest BCUT2D eigenvalue weighted by Gasteiger charge is -2.22. The molecule has 0 aromatic rings. The van der Waals surface area contributed by atoms with E-state index < -0.39 is 12.1 Å². The fourth-order valence-corrected chi connectivity index (χ4v) is 1.83. The van der Waals surface area contributed by atoms with Crippen molar-refractivity contribution in [2.45, 2.75) is 32.3 Å².